The summed E-state index contributed by atoms with van der Waals surface area (Å²) in [6.45, 7) is 20.4. The summed E-state index contributed by atoms with van der Waals surface area (Å²) in [5.41, 5.74) is 1.07. The Morgan fingerprint density at radius 2 is 1.50 bits per heavy atom. The van der Waals surface area contributed by atoms with E-state index in [2.05, 4.69) is 109 Å². The van der Waals surface area contributed by atoms with E-state index in [0.29, 0.717) is 12.3 Å². The third kappa shape index (κ3) is 10.4. The molecule has 2 fully saturated rings. The van der Waals surface area contributed by atoms with Crippen LogP contribution in [0.3, 0.4) is 0 Å². The molecule has 2 aromatic rings. The van der Waals surface area contributed by atoms with Gasteiger partial charge in [0, 0.05) is 20.0 Å². The van der Waals surface area contributed by atoms with Crippen molar-refractivity contribution >= 4 is 24.7 Å². The summed E-state index contributed by atoms with van der Waals surface area (Å²) >= 11 is 0. The van der Waals surface area contributed by atoms with Crippen molar-refractivity contribution in [1.29, 1.82) is 0 Å². The number of ether oxygens (including phenoxy) is 4. The Morgan fingerprint density at radius 1 is 0.880 bits per heavy atom. The molecule has 0 saturated carbocycles. The zero-order chi connectivity index (χ0) is 36.3. The Hall–Kier alpha value is -2.29. The molecular weight excluding hydrogens is 641 g/mol. The van der Waals surface area contributed by atoms with Crippen molar-refractivity contribution in [3.05, 3.63) is 72.8 Å². The lowest BCUT2D eigenvalue weighted by atomic mass is 9.88. The van der Waals surface area contributed by atoms with E-state index in [9.17, 15) is 4.79 Å². The molecule has 8 atom stereocenters. The zero-order valence-electron chi connectivity index (χ0n) is 32.3. The van der Waals surface area contributed by atoms with Gasteiger partial charge in [0.05, 0.1) is 30.3 Å². The number of carbonyl (C=O) groups excluding carboxylic acids is 1. The lowest BCUT2D eigenvalue weighted by molar-refractivity contribution is -0.154. The van der Waals surface area contributed by atoms with Crippen LogP contribution >= 0.6 is 0 Å². The fraction of sp³-hybridized carbons (Fsp3) is 0.651. The SMILES string of the molecule is C=C1CC(CCC)OC(=O)C(C)CCCC[C@@H]2O[C@@H](CC(O[Si](c3ccccc3)(c3ccccc3)C(C)(C)C)[C@@H](OCOC)[C@H](C)C1)C[C@@H]2C. The summed E-state index contributed by atoms with van der Waals surface area (Å²) < 4.78 is 33.2. The van der Waals surface area contributed by atoms with E-state index in [1.807, 2.05) is 6.92 Å². The second kappa shape index (κ2) is 19.0. The van der Waals surface area contributed by atoms with Crippen LogP contribution in [-0.2, 0) is 28.2 Å². The van der Waals surface area contributed by atoms with Crippen LogP contribution in [0.25, 0.3) is 0 Å². The first-order valence-electron chi connectivity index (χ1n) is 19.3. The smallest absolute Gasteiger partial charge is 0.308 e. The number of fused-ring (bicyclic) bond motifs is 2. The van der Waals surface area contributed by atoms with Crippen LogP contribution in [0.2, 0.25) is 5.04 Å². The third-order valence-electron chi connectivity index (χ3n) is 11.0. The van der Waals surface area contributed by atoms with Crippen LogP contribution in [-0.4, -0.2) is 58.7 Å². The van der Waals surface area contributed by atoms with Crippen molar-refractivity contribution < 1.29 is 28.2 Å². The van der Waals surface area contributed by atoms with Crippen molar-refractivity contribution in [2.45, 2.75) is 148 Å². The average molecular weight is 707 g/mol. The lowest BCUT2D eigenvalue weighted by Crippen LogP contribution is -2.69. The first kappa shape index (κ1) is 40.5. The molecule has 2 bridgehead atoms. The molecule has 278 valence electrons. The van der Waals surface area contributed by atoms with Crippen LogP contribution in [0.15, 0.2) is 72.8 Å². The molecule has 2 heterocycles. The summed E-state index contributed by atoms with van der Waals surface area (Å²) in [6.07, 6.45) is 8.29. The molecule has 0 amide bonds. The Labute approximate surface area is 304 Å². The van der Waals surface area contributed by atoms with Gasteiger partial charge in [0.1, 0.15) is 12.9 Å². The second-order valence-electron chi connectivity index (χ2n) is 16.3. The van der Waals surface area contributed by atoms with Gasteiger partial charge in [-0.25, -0.2) is 0 Å². The Kier molecular flexibility index (Phi) is 15.4. The number of benzene rings is 2. The summed E-state index contributed by atoms with van der Waals surface area (Å²) in [5, 5.41) is 2.30. The highest BCUT2D eigenvalue weighted by Crippen LogP contribution is 2.41. The van der Waals surface area contributed by atoms with Crippen molar-refractivity contribution in [2.24, 2.45) is 17.8 Å². The van der Waals surface area contributed by atoms with Gasteiger partial charge in [0.2, 0.25) is 0 Å². The van der Waals surface area contributed by atoms with Gasteiger partial charge in [0.25, 0.3) is 8.32 Å². The second-order valence-corrected chi connectivity index (χ2v) is 20.5. The predicted molar refractivity (Wildman–Crippen MR) is 206 cm³/mol. The van der Waals surface area contributed by atoms with Gasteiger partial charge >= 0.3 is 5.97 Å². The van der Waals surface area contributed by atoms with Gasteiger partial charge < -0.3 is 23.4 Å². The van der Waals surface area contributed by atoms with Crippen molar-refractivity contribution in [3.8, 4) is 0 Å². The Morgan fingerprint density at radius 3 is 2.08 bits per heavy atom. The maximum Gasteiger partial charge on any atom is 0.308 e. The molecule has 2 aliphatic rings. The molecule has 2 saturated heterocycles. The molecule has 0 radical (unpaired) electrons. The zero-order valence-corrected chi connectivity index (χ0v) is 33.3. The number of cyclic esters (lactones) is 1. The number of carbonyl (C=O) groups is 1. The Bertz CT molecular complexity index is 1270. The molecule has 2 aliphatic heterocycles. The van der Waals surface area contributed by atoms with E-state index in [0.717, 1.165) is 63.4 Å². The highest BCUT2D eigenvalue weighted by Gasteiger charge is 2.53. The number of methoxy groups -OCH3 is 1. The van der Waals surface area contributed by atoms with Crippen molar-refractivity contribution in [3.63, 3.8) is 0 Å². The fourth-order valence-corrected chi connectivity index (χ4v) is 13.1. The number of esters is 1. The van der Waals surface area contributed by atoms with Gasteiger partial charge in [0.15, 0.2) is 0 Å². The van der Waals surface area contributed by atoms with E-state index in [4.69, 9.17) is 23.4 Å². The van der Waals surface area contributed by atoms with Crippen LogP contribution in [0.4, 0.5) is 0 Å². The van der Waals surface area contributed by atoms with E-state index in [1.54, 1.807) is 7.11 Å². The minimum absolute atomic E-state index is 0.0592. The van der Waals surface area contributed by atoms with E-state index < -0.39 is 8.32 Å². The van der Waals surface area contributed by atoms with Gasteiger partial charge in [-0.15, -0.1) is 0 Å². The predicted octanol–water partition coefficient (Wildman–Crippen LogP) is 9.00. The monoisotopic (exact) mass is 706 g/mol. The lowest BCUT2D eigenvalue weighted by Gasteiger charge is -2.47. The molecule has 2 aromatic carbocycles. The van der Waals surface area contributed by atoms with Gasteiger partial charge in [-0.05, 0) is 59.4 Å². The normalized spacial score (nSPS) is 29.6. The molecule has 0 N–H and O–H groups in total. The fourth-order valence-electron chi connectivity index (χ4n) is 8.41. The van der Waals surface area contributed by atoms with Crippen LogP contribution in [0, 0.1) is 17.8 Å². The molecule has 50 heavy (non-hydrogen) atoms. The quantitative estimate of drug-likeness (QED) is 0.112. The maximum atomic E-state index is 13.2. The highest BCUT2D eigenvalue weighted by atomic mass is 28.4. The maximum absolute atomic E-state index is 13.2. The average Bonchev–Trinajstić information content (AvgIpc) is 3.43. The van der Waals surface area contributed by atoms with Crippen molar-refractivity contribution in [1.82, 2.24) is 0 Å². The number of rotatable bonds is 9. The molecular formula is C43H66O6Si. The van der Waals surface area contributed by atoms with Crippen LogP contribution < -0.4 is 10.4 Å². The summed E-state index contributed by atoms with van der Waals surface area (Å²) in [7, 11) is -1.26. The van der Waals surface area contributed by atoms with E-state index >= 15 is 0 Å². The molecule has 3 unspecified atom stereocenters. The van der Waals surface area contributed by atoms with Crippen LogP contribution in [0.5, 0.6) is 0 Å². The van der Waals surface area contributed by atoms with Crippen molar-refractivity contribution in [2.75, 3.05) is 13.9 Å². The van der Waals surface area contributed by atoms with Crippen LogP contribution in [0.1, 0.15) is 113 Å². The molecule has 0 spiro atoms. The van der Waals surface area contributed by atoms with Gasteiger partial charge in [-0.1, -0.05) is 141 Å². The third-order valence-corrected chi connectivity index (χ3v) is 16.0. The molecule has 7 heteroatoms. The standard InChI is InChI=1S/C43H66O6Si/c1-10-19-35-27-31(2)26-34(5)41(46-30-45-9)40(29-36-28-33(4)39(47-36)25-18-17-20-32(3)42(44)48-35)49-50(43(6,7)8,37-21-13-11-14-22-37)38-23-15-12-16-24-38/h11-16,21-24,32-36,39-41H,2,10,17-20,25-30H2,1,3-9H3/t32?,33-,34+,35?,36+,39-,40?,41-/m0/s1. The number of hydrogen-bond acceptors (Lipinski definition) is 6. The molecule has 0 aliphatic carbocycles. The first-order chi connectivity index (χ1) is 23.9. The van der Waals surface area contributed by atoms with Gasteiger partial charge in [-0.3, -0.25) is 4.79 Å². The molecule has 4 rings (SSSR count). The summed E-state index contributed by atoms with van der Waals surface area (Å²) in [4.78, 5) is 13.2. The van der Waals surface area contributed by atoms with E-state index in [1.165, 1.54) is 10.4 Å². The highest BCUT2D eigenvalue weighted by molar-refractivity contribution is 6.99. The number of hydrogen-bond donors (Lipinski definition) is 0. The largest absolute Gasteiger partial charge is 0.462 e. The first-order valence-corrected chi connectivity index (χ1v) is 21.2. The van der Waals surface area contributed by atoms with E-state index in [-0.39, 0.29) is 60.2 Å². The summed E-state index contributed by atoms with van der Waals surface area (Å²) in [5.74, 6) is 0.312. The molecule has 0 aromatic heterocycles. The summed E-state index contributed by atoms with van der Waals surface area (Å²) in [6, 6.07) is 21.7. The van der Waals surface area contributed by atoms with Gasteiger partial charge in [-0.2, -0.15) is 0 Å². The minimum Gasteiger partial charge on any atom is -0.462 e. The topological polar surface area (TPSA) is 63.2 Å². The Balaban J connectivity index is 1.79. The minimum atomic E-state index is -2.94. The molecule has 6 nitrogen and oxygen atoms in total.